The van der Waals surface area contributed by atoms with Crippen molar-refractivity contribution in [3.05, 3.63) is 24.3 Å². The number of likely N-dealkylation sites (N-methyl/N-ethyl adjacent to an activating group) is 1. The number of hydrogen-bond donors (Lipinski definition) is 2. The number of hydrogen-bond acceptors (Lipinski definition) is 6. The minimum Gasteiger partial charge on any atom is -0.456 e. The summed E-state index contributed by atoms with van der Waals surface area (Å²) < 4.78 is 30.6. The molecule has 0 spiro atoms. The van der Waals surface area contributed by atoms with Crippen molar-refractivity contribution in [2.75, 3.05) is 40.9 Å². The molecular weight excluding hydrogens is 880 g/mol. The summed E-state index contributed by atoms with van der Waals surface area (Å²) in [7, 11) is 1.51. The van der Waals surface area contributed by atoms with Gasteiger partial charge in [0, 0.05) is 12.8 Å². The molecule has 0 saturated heterocycles. The molecule has 3 unspecified atom stereocenters. The van der Waals surface area contributed by atoms with Crippen LogP contribution in [-0.2, 0) is 27.9 Å². The van der Waals surface area contributed by atoms with E-state index in [1.54, 1.807) is 0 Å². The lowest BCUT2D eigenvalue weighted by Crippen LogP contribution is -2.47. The van der Waals surface area contributed by atoms with Gasteiger partial charge in [0.2, 0.25) is 5.91 Å². The Balaban J connectivity index is 5.22. The summed E-state index contributed by atoms with van der Waals surface area (Å²) in [5.41, 5.74) is 0. The molecule has 0 aromatic rings. The van der Waals surface area contributed by atoms with Gasteiger partial charge in [-0.05, 0) is 57.4 Å². The number of phosphoric acid groups is 1. The zero-order chi connectivity index (χ0) is 50.8. The average Bonchev–Trinajstić information content (AvgIpc) is 3.31. The smallest absolute Gasteiger partial charge is 0.456 e. The van der Waals surface area contributed by atoms with Crippen molar-refractivity contribution < 1.29 is 37.3 Å². The van der Waals surface area contributed by atoms with Crippen molar-refractivity contribution in [3.63, 3.8) is 0 Å². The molecule has 2 N–H and O–H groups in total. The predicted molar refractivity (Wildman–Crippen MR) is 296 cm³/mol. The maximum Gasteiger partial charge on any atom is 0.472 e. The number of nitrogens with zero attached hydrogens (tertiary/aromatic N) is 1. The van der Waals surface area contributed by atoms with Crippen molar-refractivity contribution in [2.45, 2.75) is 303 Å². The third kappa shape index (κ3) is 51.2. The van der Waals surface area contributed by atoms with Gasteiger partial charge in [0.05, 0.1) is 33.8 Å². The largest absolute Gasteiger partial charge is 0.472 e. The van der Waals surface area contributed by atoms with Gasteiger partial charge >= 0.3 is 13.8 Å². The fraction of sp³-hybridized carbons (Fsp3) is 0.898. The number of amides is 1. The molecule has 3 atom stereocenters. The van der Waals surface area contributed by atoms with E-state index >= 15 is 0 Å². The highest BCUT2D eigenvalue weighted by molar-refractivity contribution is 7.47. The number of carbonyl (C=O) groups excluding carboxylic acids is 2. The zero-order valence-corrected chi connectivity index (χ0v) is 47.5. The predicted octanol–water partition coefficient (Wildman–Crippen LogP) is 17.8. The summed E-state index contributed by atoms with van der Waals surface area (Å²) in [4.78, 5) is 37.6. The topological polar surface area (TPSA) is 111 Å². The Morgan fingerprint density at radius 3 is 1.23 bits per heavy atom. The van der Waals surface area contributed by atoms with Crippen LogP contribution in [0.3, 0.4) is 0 Å². The first kappa shape index (κ1) is 67.5. The quantitative estimate of drug-likeness (QED) is 0.0205. The molecule has 9 nitrogen and oxygen atoms in total. The van der Waals surface area contributed by atoms with Crippen molar-refractivity contribution in [3.8, 4) is 0 Å². The number of nitrogens with one attached hydrogen (secondary N) is 1. The van der Waals surface area contributed by atoms with E-state index in [-0.39, 0.29) is 25.1 Å². The third-order valence-corrected chi connectivity index (χ3v) is 14.4. The molecule has 408 valence electrons. The molecule has 0 aliphatic carbocycles. The highest BCUT2D eigenvalue weighted by atomic mass is 31.2. The minimum atomic E-state index is -4.44. The summed E-state index contributed by atoms with van der Waals surface area (Å²) in [6, 6.07) is -0.841. The zero-order valence-electron chi connectivity index (χ0n) is 46.6. The van der Waals surface area contributed by atoms with Crippen LogP contribution in [-0.4, -0.2) is 74.3 Å². The number of quaternary nitrogens is 1. The second kappa shape index (κ2) is 50.0. The molecule has 69 heavy (non-hydrogen) atoms. The lowest BCUT2D eigenvalue weighted by Gasteiger charge is -2.27. The van der Waals surface area contributed by atoms with Crippen LogP contribution in [0.5, 0.6) is 0 Å². The molecule has 0 rings (SSSR count). The fourth-order valence-electron chi connectivity index (χ4n) is 8.76. The van der Waals surface area contributed by atoms with Gasteiger partial charge < -0.3 is 19.4 Å². The molecule has 0 aromatic carbocycles. The molecule has 0 saturated carbocycles. The Morgan fingerprint density at radius 2 is 0.841 bits per heavy atom. The maximum atomic E-state index is 13.5. The highest BCUT2D eigenvalue weighted by Crippen LogP contribution is 2.43. The Hall–Kier alpha value is -1.51. The molecule has 0 aromatic heterocycles. The van der Waals surface area contributed by atoms with Gasteiger partial charge in [-0.25, -0.2) is 4.57 Å². The Bertz CT molecular complexity index is 1240. The van der Waals surface area contributed by atoms with Crippen LogP contribution in [0.25, 0.3) is 0 Å². The summed E-state index contributed by atoms with van der Waals surface area (Å²) >= 11 is 0. The van der Waals surface area contributed by atoms with Crippen molar-refractivity contribution in [2.24, 2.45) is 0 Å². The molecular formula is C59H116N2O7P+. The van der Waals surface area contributed by atoms with Gasteiger partial charge in [-0.3, -0.25) is 18.6 Å². The van der Waals surface area contributed by atoms with Crippen molar-refractivity contribution in [1.29, 1.82) is 0 Å². The van der Waals surface area contributed by atoms with Gasteiger partial charge in [0.25, 0.3) is 0 Å². The van der Waals surface area contributed by atoms with Gasteiger partial charge in [0.1, 0.15) is 19.3 Å². The van der Waals surface area contributed by atoms with Gasteiger partial charge in [0.15, 0.2) is 0 Å². The molecule has 0 heterocycles. The molecule has 0 bridgehead atoms. The summed E-state index contributed by atoms with van der Waals surface area (Å²) in [5, 5.41) is 3.05. The molecule has 0 radical (unpaired) electrons. The number of allylic oxidation sites excluding steroid dienone is 3. The van der Waals surface area contributed by atoms with Crippen molar-refractivity contribution in [1.82, 2.24) is 5.32 Å². The lowest BCUT2D eigenvalue weighted by atomic mass is 10.0. The van der Waals surface area contributed by atoms with Crippen LogP contribution < -0.4 is 5.32 Å². The first-order valence-corrected chi connectivity index (χ1v) is 31.2. The average molecular weight is 997 g/mol. The van der Waals surface area contributed by atoms with E-state index in [1.807, 2.05) is 33.3 Å². The third-order valence-electron chi connectivity index (χ3n) is 13.4. The monoisotopic (exact) mass is 996 g/mol. The molecule has 1 amide bonds. The summed E-state index contributed by atoms with van der Waals surface area (Å²) in [6.45, 7) is 7.03. The lowest BCUT2D eigenvalue weighted by molar-refractivity contribution is -0.870. The fourth-order valence-corrected chi connectivity index (χ4v) is 9.50. The first-order chi connectivity index (χ1) is 33.4. The number of rotatable bonds is 54. The SMILES string of the molecule is CCCCCCCC/C=C/CCCCCCCCCCCC(=O)OC(/C=C/CCCCCCCCCCC)C(COP(=O)(O)OCC[N+](C)(C)C)NC(=O)CCCCCCCCCCCCCCC. The second-order valence-corrected chi connectivity index (χ2v) is 23.0. The van der Waals surface area contributed by atoms with E-state index in [1.165, 1.54) is 199 Å². The van der Waals surface area contributed by atoms with Crippen LogP contribution >= 0.6 is 7.82 Å². The van der Waals surface area contributed by atoms with Crippen LogP contribution in [0.2, 0.25) is 0 Å². The van der Waals surface area contributed by atoms with E-state index in [0.29, 0.717) is 23.9 Å². The minimum absolute atomic E-state index is 0.0433. The number of esters is 1. The van der Waals surface area contributed by atoms with E-state index in [0.717, 1.165) is 57.8 Å². The van der Waals surface area contributed by atoms with Crippen LogP contribution in [0.15, 0.2) is 24.3 Å². The Kier molecular flexibility index (Phi) is 48.9. The van der Waals surface area contributed by atoms with E-state index in [2.05, 4.69) is 38.2 Å². The van der Waals surface area contributed by atoms with E-state index < -0.39 is 20.0 Å². The molecule has 10 heteroatoms. The second-order valence-electron chi connectivity index (χ2n) is 21.5. The van der Waals surface area contributed by atoms with Crippen molar-refractivity contribution >= 4 is 19.7 Å². The maximum absolute atomic E-state index is 13.5. The number of ether oxygens (including phenoxy) is 1. The molecule has 0 fully saturated rings. The molecule has 0 aliphatic heterocycles. The molecule has 0 aliphatic rings. The normalized spacial score (nSPS) is 13.9. The summed E-state index contributed by atoms with van der Waals surface area (Å²) in [5.74, 6) is -0.495. The van der Waals surface area contributed by atoms with Gasteiger partial charge in [-0.15, -0.1) is 0 Å². The Morgan fingerprint density at radius 1 is 0.493 bits per heavy atom. The van der Waals surface area contributed by atoms with E-state index in [9.17, 15) is 19.0 Å². The number of carbonyl (C=O) groups is 2. The van der Waals surface area contributed by atoms with Gasteiger partial charge in [-0.1, -0.05) is 244 Å². The Labute approximate surface area is 428 Å². The van der Waals surface area contributed by atoms with Crippen LogP contribution in [0, 0.1) is 0 Å². The first-order valence-electron chi connectivity index (χ1n) is 29.7. The number of unbranched alkanes of at least 4 members (excludes halogenated alkanes) is 36. The number of phosphoric ester groups is 1. The van der Waals surface area contributed by atoms with Gasteiger partial charge in [-0.2, -0.15) is 0 Å². The standard InChI is InChI=1S/C59H115N2O7P/c1-7-10-13-16-19-22-25-27-28-29-30-31-32-34-37-40-43-46-49-52-59(63)68-57(50-47-44-41-38-35-24-21-18-15-12-9-3)56(55-67-69(64,65)66-54-53-61(4,5)6)60-58(62)51-48-45-42-39-36-33-26-23-20-17-14-11-8-2/h27-28,47,50,56-57H,7-26,29-46,48-49,51-55H2,1-6H3,(H-,60,62,64,65)/p+1/b28-27+,50-47+. The highest BCUT2D eigenvalue weighted by Gasteiger charge is 2.30. The van der Waals surface area contributed by atoms with Crippen LogP contribution in [0.1, 0.15) is 290 Å². The van der Waals surface area contributed by atoms with E-state index in [4.69, 9.17) is 13.8 Å². The van der Waals surface area contributed by atoms with Crippen LogP contribution in [0.4, 0.5) is 0 Å². The summed E-state index contributed by atoms with van der Waals surface area (Å²) in [6.07, 6.45) is 57.4.